The number of likely N-dealkylation sites (tertiary alicyclic amines) is 1. The van der Waals surface area contributed by atoms with Crippen LogP contribution in [0.15, 0.2) is 59.6 Å². The number of hydrogen-bond acceptors (Lipinski definition) is 5. The Balaban J connectivity index is 1.12. The molecule has 0 bridgehead atoms. The maximum absolute atomic E-state index is 15.6. The SMILES string of the molecule is N#Cc1ccc2cc(-c3ccc(C4=NC5(CC5)C(=O)N4CC4CN(C(=O)C5CCO5)C4)c(F)c3)ccc2c1. The third-order valence-electron chi connectivity index (χ3n) is 8.14. The van der Waals surface area contributed by atoms with Gasteiger partial charge in [-0.25, -0.2) is 4.39 Å². The van der Waals surface area contributed by atoms with Gasteiger partial charge in [0, 0.05) is 32.0 Å². The first-order valence-electron chi connectivity index (χ1n) is 13.0. The fourth-order valence-corrected chi connectivity index (χ4v) is 5.61. The van der Waals surface area contributed by atoms with Crippen LogP contribution in [0.5, 0.6) is 0 Å². The number of aliphatic imine (C=N–C) groups is 1. The van der Waals surface area contributed by atoms with Crippen LogP contribution < -0.4 is 0 Å². The summed E-state index contributed by atoms with van der Waals surface area (Å²) in [5.41, 5.74) is 1.77. The molecule has 7 rings (SSSR count). The lowest BCUT2D eigenvalue weighted by Gasteiger charge is -2.43. The molecule has 1 saturated carbocycles. The molecule has 0 radical (unpaired) electrons. The summed E-state index contributed by atoms with van der Waals surface area (Å²) in [7, 11) is 0. The summed E-state index contributed by atoms with van der Waals surface area (Å²) < 4.78 is 20.9. The van der Waals surface area contributed by atoms with Crippen molar-refractivity contribution in [3.63, 3.8) is 0 Å². The van der Waals surface area contributed by atoms with Gasteiger partial charge in [-0.1, -0.05) is 24.3 Å². The first-order chi connectivity index (χ1) is 18.4. The van der Waals surface area contributed by atoms with E-state index in [0.29, 0.717) is 56.0 Å². The van der Waals surface area contributed by atoms with E-state index in [4.69, 9.17) is 15.0 Å². The molecule has 7 nitrogen and oxygen atoms in total. The summed E-state index contributed by atoms with van der Waals surface area (Å²) in [5.74, 6) is 0.0574. The van der Waals surface area contributed by atoms with Crippen LogP contribution in [0.4, 0.5) is 4.39 Å². The molecule has 190 valence electrons. The monoisotopic (exact) mass is 508 g/mol. The van der Waals surface area contributed by atoms with Gasteiger partial charge in [0.05, 0.1) is 23.8 Å². The average molecular weight is 509 g/mol. The van der Waals surface area contributed by atoms with Crippen LogP contribution >= 0.6 is 0 Å². The minimum absolute atomic E-state index is 0.0219. The normalized spacial score (nSPS) is 21.7. The van der Waals surface area contributed by atoms with E-state index in [9.17, 15) is 9.59 Å². The van der Waals surface area contributed by atoms with Crippen molar-refractivity contribution in [3.05, 3.63) is 71.5 Å². The molecule has 3 heterocycles. The maximum Gasteiger partial charge on any atom is 0.256 e. The molecule has 3 aromatic carbocycles. The van der Waals surface area contributed by atoms with E-state index in [-0.39, 0.29) is 23.8 Å². The second-order valence-corrected chi connectivity index (χ2v) is 10.7. The lowest BCUT2D eigenvalue weighted by Crippen LogP contribution is -2.58. The van der Waals surface area contributed by atoms with Crippen LogP contribution in [-0.4, -0.2) is 65.3 Å². The molecule has 1 aliphatic carbocycles. The maximum atomic E-state index is 15.6. The summed E-state index contributed by atoms with van der Waals surface area (Å²) in [6.07, 6.45) is 1.82. The van der Waals surface area contributed by atoms with Crippen LogP contribution in [0.1, 0.15) is 30.4 Å². The minimum Gasteiger partial charge on any atom is -0.368 e. The van der Waals surface area contributed by atoms with Gasteiger partial charge in [-0.15, -0.1) is 0 Å². The van der Waals surface area contributed by atoms with E-state index in [1.807, 2.05) is 36.4 Å². The summed E-state index contributed by atoms with van der Waals surface area (Å²) in [6, 6.07) is 18.5. The van der Waals surface area contributed by atoms with Gasteiger partial charge < -0.3 is 9.64 Å². The fraction of sp³-hybridized carbons (Fsp3) is 0.333. The zero-order valence-corrected chi connectivity index (χ0v) is 20.7. The van der Waals surface area contributed by atoms with Crippen LogP contribution in [0, 0.1) is 23.1 Å². The van der Waals surface area contributed by atoms with Gasteiger partial charge in [0.15, 0.2) is 0 Å². The van der Waals surface area contributed by atoms with Gasteiger partial charge in [-0.2, -0.15) is 5.26 Å². The summed E-state index contributed by atoms with van der Waals surface area (Å²) in [6.45, 7) is 2.20. The van der Waals surface area contributed by atoms with Crippen molar-refractivity contribution >= 4 is 28.4 Å². The van der Waals surface area contributed by atoms with Crippen LogP contribution in [-0.2, 0) is 14.3 Å². The van der Waals surface area contributed by atoms with Gasteiger partial charge in [0.2, 0.25) is 0 Å². The van der Waals surface area contributed by atoms with Gasteiger partial charge in [0.1, 0.15) is 23.3 Å². The molecular formula is C30H25FN4O3. The number of amides is 2. The largest absolute Gasteiger partial charge is 0.368 e. The molecule has 2 saturated heterocycles. The number of ether oxygens (including phenoxy) is 1. The number of hydrogen-bond donors (Lipinski definition) is 0. The van der Waals surface area contributed by atoms with Gasteiger partial charge >= 0.3 is 0 Å². The predicted octanol–water partition coefficient (Wildman–Crippen LogP) is 3.89. The molecule has 3 fully saturated rings. The third kappa shape index (κ3) is 3.69. The summed E-state index contributed by atoms with van der Waals surface area (Å²) in [4.78, 5) is 33.8. The van der Waals surface area contributed by atoms with Crippen molar-refractivity contribution in [1.29, 1.82) is 5.26 Å². The van der Waals surface area contributed by atoms with Gasteiger partial charge in [-0.05, 0) is 65.1 Å². The van der Waals surface area contributed by atoms with Gasteiger partial charge in [-0.3, -0.25) is 19.5 Å². The number of rotatable bonds is 5. The summed E-state index contributed by atoms with van der Waals surface area (Å²) >= 11 is 0. The number of halogens is 1. The Bertz CT molecular complexity index is 1580. The Kier molecular flexibility index (Phi) is 5.14. The molecule has 1 atom stereocenters. The minimum atomic E-state index is -0.736. The van der Waals surface area contributed by atoms with E-state index in [0.717, 1.165) is 28.3 Å². The number of nitrogens with zero attached hydrogens (tertiary/aromatic N) is 4. The Labute approximate surface area is 219 Å². The fourth-order valence-electron chi connectivity index (χ4n) is 5.61. The Morgan fingerprint density at radius 2 is 1.79 bits per heavy atom. The third-order valence-corrected chi connectivity index (χ3v) is 8.14. The smallest absolute Gasteiger partial charge is 0.256 e. The summed E-state index contributed by atoms with van der Waals surface area (Å²) in [5, 5.41) is 11.0. The van der Waals surface area contributed by atoms with E-state index in [1.54, 1.807) is 21.9 Å². The topological polar surface area (TPSA) is 86.0 Å². The molecule has 0 aromatic heterocycles. The van der Waals surface area contributed by atoms with E-state index < -0.39 is 11.4 Å². The molecule has 3 aliphatic heterocycles. The number of amidine groups is 1. The Morgan fingerprint density at radius 1 is 1.08 bits per heavy atom. The van der Waals surface area contributed by atoms with E-state index in [2.05, 4.69) is 6.07 Å². The number of carbonyl (C=O) groups excluding carboxylic acids is 2. The number of benzene rings is 3. The molecule has 1 unspecified atom stereocenters. The molecule has 4 aliphatic rings. The highest BCUT2D eigenvalue weighted by atomic mass is 19.1. The van der Waals surface area contributed by atoms with Crippen LogP contribution in [0.2, 0.25) is 0 Å². The average Bonchev–Trinajstić information content (AvgIpc) is 3.60. The zero-order valence-electron chi connectivity index (χ0n) is 20.7. The highest BCUT2D eigenvalue weighted by Gasteiger charge is 2.58. The molecular weight excluding hydrogens is 483 g/mol. The zero-order chi connectivity index (χ0) is 26.0. The second kappa shape index (κ2) is 8.47. The number of carbonyl (C=O) groups is 2. The van der Waals surface area contributed by atoms with Crippen molar-refractivity contribution in [2.75, 3.05) is 26.2 Å². The second-order valence-electron chi connectivity index (χ2n) is 10.7. The molecule has 3 aromatic rings. The molecule has 8 heteroatoms. The Morgan fingerprint density at radius 3 is 2.47 bits per heavy atom. The highest BCUT2D eigenvalue weighted by Crippen LogP contribution is 2.46. The van der Waals surface area contributed by atoms with Crippen molar-refractivity contribution < 1.29 is 18.7 Å². The predicted molar refractivity (Wildman–Crippen MR) is 139 cm³/mol. The quantitative estimate of drug-likeness (QED) is 0.524. The number of fused-ring (bicyclic) bond motifs is 1. The van der Waals surface area contributed by atoms with Crippen molar-refractivity contribution in [3.8, 4) is 17.2 Å². The van der Waals surface area contributed by atoms with Crippen LogP contribution in [0.3, 0.4) is 0 Å². The van der Waals surface area contributed by atoms with E-state index in [1.165, 1.54) is 6.07 Å². The molecule has 0 N–H and O–H groups in total. The lowest BCUT2D eigenvalue weighted by atomic mass is 9.96. The van der Waals surface area contributed by atoms with E-state index >= 15 is 4.39 Å². The standard InChI is InChI=1S/C30H25FN4O3/c31-25-13-23(22-4-3-20-11-18(14-32)1-2-21(20)12-22)5-6-24(25)27-33-30(8-9-30)29(37)35(27)17-19-15-34(16-19)28(36)26-7-10-38-26/h1-6,11-13,19,26H,7-10,15-17H2. The number of nitriles is 1. The van der Waals surface area contributed by atoms with Crippen molar-refractivity contribution in [2.45, 2.75) is 30.9 Å². The molecule has 2 amide bonds. The van der Waals surface area contributed by atoms with Crippen molar-refractivity contribution in [1.82, 2.24) is 9.80 Å². The first-order valence-corrected chi connectivity index (χ1v) is 13.0. The first kappa shape index (κ1) is 23.1. The Hall–Kier alpha value is -4.09. The molecule has 1 spiro atoms. The van der Waals surface area contributed by atoms with Crippen LogP contribution in [0.25, 0.3) is 21.9 Å². The van der Waals surface area contributed by atoms with Gasteiger partial charge in [0.25, 0.3) is 11.8 Å². The molecule has 38 heavy (non-hydrogen) atoms. The lowest BCUT2D eigenvalue weighted by molar-refractivity contribution is -0.162. The highest BCUT2D eigenvalue weighted by molar-refractivity contribution is 6.16. The van der Waals surface area contributed by atoms with Crippen molar-refractivity contribution in [2.24, 2.45) is 10.9 Å².